The van der Waals surface area contributed by atoms with Crippen molar-refractivity contribution in [1.82, 2.24) is 0 Å². The van der Waals surface area contributed by atoms with Crippen molar-refractivity contribution >= 4 is 23.5 Å². The summed E-state index contributed by atoms with van der Waals surface area (Å²) in [5.41, 5.74) is 1.51. The third-order valence-electron chi connectivity index (χ3n) is 4.74. The highest BCUT2D eigenvalue weighted by Crippen LogP contribution is 2.33. The first kappa shape index (κ1) is 21.1. The number of carbonyl (C=O) groups excluding carboxylic acids is 3. The largest absolute Gasteiger partial charge is 0.481 e. The van der Waals surface area contributed by atoms with Crippen molar-refractivity contribution in [3.63, 3.8) is 0 Å². The van der Waals surface area contributed by atoms with Crippen LogP contribution in [0.1, 0.15) is 50.0 Å². The number of imide groups is 1. The van der Waals surface area contributed by atoms with Crippen molar-refractivity contribution in [1.29, 1.82) is 0 Å². The monoisotopic (exact) mass is 407 g/mol. The van der Waals surface area contributed by atoms with E-state index >= 15 is 0 Å². The molecule has 3 rings (SSSR count). The third kappa shape index (κ3) is 4.04. The van der Waals surface area contributed by atoms with Crippen LogP contribution in [0.3, 0.4) is 0 Å². The fraction of sp³-hybridized carbons (Fsp3) is 0.261. The van der Waals surface area contributed by atoms with Gasteiger partial charge in [-0.15, -0.1) is 6.42 Å². The Morgan fingerprint density at radius 3 is 2.60 bits per heavy atom. The molecule has 0 bridgehead atoms. The molecule has 154 valence electrons. The van der Waals surface area contributed by atoms with E-state index in [4.69, 9.17) is 15.9 Å². The van der Waals surface area contributed by atoms with E-state index < -0.39 is 23.9 Å². The topological polar surface area (TPSA) is 93.1 Å². The van der Waals surface area contributed by atoms with Crippen molar-refractivity contribution in [2.24, 2.45) is 0 Å². The summed E-state index contributed by atoms with van der Waals surface area (Å²) in [7, 11) is 0. The zero-order valence-electron chi connectivity index (χ0n) is 16.7. The average Bonchev–Trinajstić information content (AvgIpc) is 3.00. The van der Waals surface area contributed by atoms with E-state index in [1.807, 2.05) is 0 Å². The maximum Gasteiger partial charge on any atom is 0.338 e. The van der Waals surface area contributed by atoms with E-state index in [-0.39, 0.29) is 29.9 Å². The number of aliphatic hydroxyl groups is 1. The molecule has 0 spiro atoms. The molecule has 2 amide bonds. The van der Waals surface area contributed by atoms with Gasteiger partial charge in [-0.25, -0.2) is 9.69 Å². The molecule has 0 saturated carbocycles. The Bertz CT molecular complexity index is 1050. The molecule has 1 aliphatic rings. The second kappa shape index (κ2) is 8.80. The first-order valence-electron chi connectivity index (χ1n) is 9.42. The fourth-order valence-electron chi connectivity index (χ4n) is 3.00. The fourth-order valence-corrected chi connectivity index (χ4v) is 3.00. The molecular weight excluding hydrogens is 386 g/mol. The van der Waals surface area contributed by atoms with Crippen LogP contribution in [0.25, 0.3) is 0 Å². The predicted molar refractivity (Wildman–Crippen MR) is 110 cm³/mol. The highest BCUT2D eigenvalue weighted by molar-refractivity contribution is 6.35. The zero-order valence-corrected chi connectivity index (χ0v) is 16.7. The van der Waals surface area contributed by atoms with E-state index in [9.17, 15) is 19.5 Å². The molecule has 0 aliphatic carbocycles. The maximum absolute atomic E-state index is 13.0. The Morgan fingerprint density at radius 1 is 1.17 bits per heavy atom. The minimum atomic E-state index is -0.756. The number of anilines is 1. The maximum atomic E-state index is 13.0. The van der Waals surface area contributed by atoms with Gasteiger partial charge >= 0.3 is 5.97 Å². The summed E-state index contributed by atoms with van der Waals surface area (Å²) in [6.45, 7) is 3.45. The van der Waals surface area contributed by atoms with Crippen LogP contribution in [-0.4, -0.2) is 42.2 Å². The lowest BCUT2D eigenvalue weighted by atomic mass is 10.1. The summed E-state index contributed by atoms with van der Waals surface area (Å²) in [5.74, 6) is 1.08. The number of aliphatic hydroxyl groups excluding tert-OH is 1. The third-order valence-corrected chi connectivity index (χ3v) is 4.74. The van der Waals surface area contributed by atoms with Crippen LogP contribution in [0.4, 0.5) is 5.69 Å². The molecule has 2 aromatic rings. The van der Waals surface area contributed by atoms with E-state index in [0.29, 0.717) is 23.4 Å². The average molecular weight is 407 g/mol. The molecule has 2 aromatic carbocycles. The van der Waals surface area contributed by atoms with Gasteiger partial charge in [0.1, 0.15) is 19.0 Å². The number of amides is 2. The number of ether oxygens (including phenoxy) is 2. The number of carbonyl (C=O) groups is 3. The predicted octanol–water partition coefficient (Wildman–Crippen LogP) is 2.74. The molecule has 0 fully saturated rings. The molecule has 1 aliphatic heterocycles. The number of esters is 1. The summed E-state index contributed by atoms with van der Waals surface area (Å²) in [6.07, 6.45) is 4.90. The summed E-state index contributed by atoms with van der Waals surface area (Å²) in [4.78, 5) is 39.2. The normalized spacial score (nSPS) is 13.6. The minimum Gasteiger partial charge on any atom is -0.481 e. The lowest BCUT2D eigenvalue weighted by Gasteiger charge is -2.17. The zero-order chi connectivity index (χ0) is 21.8. The Labute approximate surface area is 174 Å². The van der Waals surface area contributed by atoms with Crippen LogP contribution in [0, 0.1) is 19.3 Å². The van der Waals surface area contributed by atoms with E-state index in [2.05, 4.69) is 5.92 Å². The number of fused-ring (bicyclic) bond motifs is 1. The van der Waals surface area contributed by atoms with Crippen LogP contribution in [0.15, 0.2) is 36.4 Å². The smallest absolute Gasteiger partial charge is 0.338 e. The SMILES string of the molecule is C#CCOc1ccc(C)c(N2C(=O)c3ccc(C(=O)OCC(O)CC)cc3C2=O)c1. The van der Waals surface area contributed by atoms with Gasteiger partial charge in [0.2, 0.25) is 0 Å². The molecule has 0 aromatic heterocycles. The molecule has 7 heteroatoms. The highest BCUT2D eigenvalue weighted by Gasteiger charge is 2.38. The molecule has 30 heavy (non-hydrogen) atoms. The van der Waals surface area contributed by atoms with Crippen LogP contribution in [0.2, 0.25) is 0 Å². The first-order valence-corrected chi connectivity index (χ1v) is 9.42. The van der Waals surface area contributed by atoms with Gasteiger partial charge in [0.25, 0.3) is 11.8 Å². The summed E-state index contributed by atoms with van der Waals surface area (Å²) < 4.78 is 10.5. The summed E-state index contributed by atoms with van der Waals surface area (Å²) in [6, 6.07) is 9.20. The Morgan fingerprint density at radius 2 is 1.90 bits per heavy atom. The van der Waals surface area contributed by atoms with Gasteiger partial charge in [-0.2, -0.15) is 0 Å². The first-order chi connectivity index (χ1) is 14.4. The molecule has 0 saturated heterocycles. The Balaban J connectivity index is 1.89. The number of benzene rings is 2. The van der Waals surface area contributed by atoms with Crippen molar-refractivity contribution in [2.45, 2.75) is 26.4 Å². The lowest BCUT2D eigenvalue weighted by molar-refractivity contribution is 0.0250. The summed E-state index contributed by atoms with van der Waals surface area (Å²) >= 11 is 0. The number of aryl methyl sites for hydroxylation is 1. The minimum absolute atomic E-state index is 0.0584. The van der Waals surface area contributed by atoms with E-state index in [0.717, 1.165) is 4.90 Å². The Kier molecular flexibility index (Phi) is 6.19. The molecule has 1 N–H and O–H groups in total. The van der Waals surface area contributed by atoms with Gasteiger partial charge in [0, 0.05) is 6.07 Å². The quantitative estimate of drug-likeness (QED) is 0.431. The van der Waals surface area contributed by atoms with Gasteiger partial charge < -0.3 is 14.6 Å². The van der Waals surface area contributed by atoms with Gasteiger partial charge in [-0.3, -0.25) is 9.59 Å². The Hall–Kier alpha value is -3.63. The lowest BCUT2D eigenvalue weighted by Crippen LogP contribution is -2.30. The van der Waals surface area contributed by atoms with Gasteiger partial charge in [-0.1, -0.05) is 18.9 Å². The molecule has 7 nitrogen and oxygen atoms in total. The van der Waals surface area contributed by atoms with Gasteiger partial charge in [0.15, 0.2) is 0 Å². The van der Waals surface area contributed by atoms with Gasteiger partial charge in [0.05, 0.1) is 28.5 Å². The molecular formula is C23H21NO6. The summed E-state index contributed by atoms with van der Waals surface area (Å²) in [5, 5.41) is 9.54. The van der Waals surface area contributed by atoms with Crippen molar-refractivity contribution in [2.75, 3.05) is 18.1 Å². The van der Waals surface area contributed by atoms with Crippen LogP contribution in [0.5, 0.6) is 5.75 Å². The number of hydrogen-bond acceptors (Lipinski definition) is 6. The second-order valence-corrected chi connectivity index (χ2v) is 6.81. The molecule has 1 unspecified atom stereocenters. The second-order valence-electron chi connectivity index (χ2n) is 6.81. The van der Waals surface area contributed by atoms with E-state index in [1.54, 1.807) is 32.0 Å². The number of terminal acetylenes is 1. The molecule has 0 radical (unpaired) electrons. The molecule has 1 heterocycles. The van der Waals surface area contributed by atoms with Crippen LogP contribution in [-0.2, 0) is 4.74 Å². The van der Waals surface area contributed by atoms with E-state index in [1.165, 1.54) is 18.2 Å². The van der Waals surface area contributed by atoms with Crippen LogP contribution < -0.4 is 9.64 Å². The van der Waals surface area contributed by atoms with Gasteiger partial charge in [-0.05, 0) is 43.2 Å². The number of nitrogens with zero attached hydrogens (tertiary/aromatic N) is 1. The van der Waals surface area contributed by atoms with Crippen molar-refractivity contribution < 1.29 is 29.0 Å². The standard InChI is InChI=1S/C23H21NO6/c1-4-10-29-17-8-6-14(3)20(12-17)24-21(26)18-9-7-15(11-19(18)22(24)27)23(28)30-13-16(25)5-2/h1,6-9,11-12,16,25H,5,10,13H2,2-3H3. The van der Waals surface area contributed by atoms with Crippen molar-refractivity contribution in [3.05, 3.63) is 58.7 Å². The number of hydrogen-bond donors (Lipinski definition) is 1. The molecule has 1 atom stereocenters. The van der Waals surface area contributed by atoms with Crippen molar-refractivity contribution in [3.8, 4) is 18.1 Å². The van der Waals surface area contributed by atoms with Crippen LogP contribution >= 0.6 is 0 Å². The highest BCUT2D eigenvalue weighted by atomic mass is 16.5. The number of rotatable bonds is 7.